The molecule has 2 heterocycles. The largest absolute Gasteiger partial charge is 0.476 e. The van der Waals surface area contributed by atoms with E-state index >= 15 is 0 Å². The Labute approximate surface area is 175 Å². The molecule has 1 unspecified atom stereocenters. The third-order valence-electron chi connectivity index (χ3n) is 4.72. The zero-order valence-corrected chi connectivity index (χ0v) is 16.3. The van der Waals surface area contributed by atoms with Gasteiger partial charge in [0, 0.05) is 23.0 Å². The van der Waals surface area contributed by atoms with Gasteiger partial charge in [-0.05, 0) is 13.0 Å². The van der Waals surface area contributed by atoms with Gasteiger partial charge in [-0.1, -0.05) is 48.5 Å². The van der Waals surface area contributed by atoms with Crippen molar-refractivity contribution < 1.29 is 22.7 Å². The number of fused-ring (bicyclic) bond motifs is 1. The molecule has 2 aromatic carbocycles. The molecule has 1 aliphatic heterocycles. The van der Waals surface area contributed by atoms with Crippen molar-refractivity contribution in [1.82, 2.24) is 4.98 Å². The fourth-order valence-electron chi connectivity index (χ4n) is 3.22. The number of nitrogens with zero attached hydrogens (tertiary/aromatic N) is 2. The summed E-state index contributed by atoms with van der Waals surface area (Å²) in [4.78, 5) is 20.9. The van der Waals surface area contributed by atoms with Crippen LogP contribution in [0.15, 0.2) is 59.6 Å². The Morgan fingerprint density at radius 3 is 2.48 bits per heavy atom. The van der Waals surface area contributed by atoms with Gasteiger partial charge < -0.3 is 15.4 Å². The highest BCUT2D eigenvalue weighted by molar-refractivity contribution is 6.07. The number of pyridine rings is 1. The van der Waals surface area contributed by atoms with Crippen LogP contribution in [0.25, 0.3) is 0 Å². The van der Waals surface area contributed by atoms with E-state index in [0.29, 0.717) is 11.3 Å². The molecule has 0 saturated heterocycles. The molecule has 158 valence electrons. The highest BCUT2D eigenvalue weighted by atomic mass is 19.2. The molecule has 31 heavy (non-hydrogen) atoms. The van der Waals surface area contributed by atoms with Gasteiger partial charge in [0.25, 0.3) is 17.7 Å². The monoisotopic (exact) mass is 426 g/mol. The molecule has 1 aromatic heterocycles. The second-order valence-electron chi connectivity index (χ2n) is 6.64. The minimum Gasteiger partial charge on any atom is -0.476 e. The van der Waals surface area contributed by atoms with Crippen molar-refractivity contribution in [1.29, 1.82) is 0 Å². The lowest BCUT2D eigenvalue weighted by Crippen LogP contribution is -2.45. The van der Waals surface area contributed by atoms with E-state index in [-0.39, 0.29) is 12.2 Å². The maximum atomic E-state index is 15.0. The van der Waals surface area contributed by atoms with Crippen LogP contribution in [0.2, 0.25) is 0 Å². The number of aromatic nitrogens is 1. The first kappa shape index (κ1) is 20.4. The van der Waals surface area contributed by atoms with Crippen LogP contribution in [0, 0.1) is 17.6 Å². The van der Waals surface area contributed by atoms with Crippen LogP contribution in [-0.2, 0) is 10.5 Å². The smallest absolute Gasteiger partial charge is 0.277 e. The minimum atomic E-state index is -2.00. The number of benzodiazepines with no additional fused rings is 1. The number of para-hydroxylation sites is 1. The Balaban J connectivity index is 1.91. The quantitative estimate of drug-likeness (QED) is 0.599. The maximum Gasteiger partial charge on any atom is 0.277 e. The first-order chi connectivity index (χ1) is 15.0. The van der Waals surface area contributed by atoms with Gasteiger partial charge in [-0.3, -0.25) is 9.79 Å². The van der Waals surface area contributed by atoms with Crippen LogP contribution in [0.4, 0.5) is 24.5 Å². The minimum absolute atomic E-state index is 0.0216. The number of carbonyl (C=O) groups is 1. The zero-order chi connectivity index (χ0) is 22.0. The summed E-state index contributed by atoms with van der Waals surface area (Å²) >= 11 is 0. The molecule has 1 aliphatic rings. The molecule has 1 atom stereocenters. The third kappa shape index (κ3) is 3.58. The molecule has 0 fully saturated rings. The van der Waals surface area contributed by atoms with E-state index < -0.39 is 40.7 Å². The number of benzene rings is 2. The van der Waals surface area contributed by atoms with Gasteiger partial charge in [0.1, 0.15) is 5.69 Å². The van der Waals surface area contributed by atoms with Gasteiger partial charge in [-0.15, -0.1) is 0 Å². The van der Waals surface area contributed by atoms with E-state index in [0.717, 1.165) is 0 Å². The van der Waals surface area contributed by atoms with Gasteiger partial charge >= 0.3 is 0 Å². The summed E-state index contributed by atoms with van der Waals surface area (Å²) in [6, 6.07) is 15.0. The molecule has 4 rings (SSSR count). The van der Waals surface area contributed by atoms with Crippen LogP contribution in [-0.4, -0.2) is 23.7 Å². The Hall–Kier alpha value is -3.88. The summed E-state index contributed by atoms with van der Waals surface area (Å²) in [5, 5.41) is 5.20. The number of nitrogens with one attached hydrogen (secondary N) is 2. The van der Waals surface area contributed by atoms with E-state index in [2.05, 4.69) is 20.6 Å². The number of rotatable bonds is 5. The molecule has 6 nitrogen and oxygen atoms in total. The van der Waals surface area contributed by atoms with Crippen LogP contribution < -0.4 is 15.4 Å². The molecule has 0 spiro atoms. The first-order valence-electron chi connectivity index (χ1n) is 9.43. The molecular weight excluding hydrogens is 409 g/mol. The number of ether oxygens (including phenoxy) is 1. The maximum absolute atomic E-state index is 15.0. The summed E-state index contributed by atoms with van der Waals surface area (Å²) in [6.07, 6.45) is 1.41. The van der Waals surface area contributed by atoms with Crippen molar-refractivity contribution in [2.75, 3.05) is 17.2 Å². The highest BCUT2D eigenvalue weighted by Crippen LogP contribution is 2.36. The normalized spacial score (nSPS) is 17.5. The molecule has 1 amide bonds. The first-order valence-corrected chi connectivity index (χ1v) is 9.43. The third-order valence-corrected chi connectivity index (χ3v) is 4.72. The van der Waals surface area contributed by atoms with Crippen LogP contribution in [0.3, 0.4) is 0 Å². The van der Waals surface area contributed by atoms with Gasteiger partial charge in [0.2, 0.25) is 17.3 Å². The van der Waals surface area contributed by atoms with Crippen molar-refractivity contribution in [3.63, 3.8) is 0 Å². The van der Waals surface area contributed by atoms with E-state index in [1.54, 1.807) is 61.5 Å². The average Bonchev–Trinajstić information content (AvgIpc) is 2.92. The van der Waals surface area contributed by atoms with Crippen molar-refractivity contribution in [3.05, 3.63) is 83.3 Å². The van der Waals surface area contributed by atoms with Crippen LogP contribution >= 0.6 is 0 Å². The summed E-state index contributed by atoms with van der Waals surface area (Å²) in [5.74, 6) is -5.89. The second kappa shape index (κ2) is 8.10. The number of amides is 1. The van der Waals surface area contributed by atoms with Crippen molar-refractivity contribution in [3.8, 4) is 5.88 Å². The second-order valence-corrected chi connectivity index (χ2v) is 6.64. The standard InChI is InChI=1S/C22H17F3N4O2/c1-2-31-20-17(24)18(16(23)19(25)28-20)29-22(14-9-4-3-5-10-14)21(30)27-15-11-7-6-8-13(15)12-26-22/h3-12H,2H2,1H3,(H,27,30)(H,28,29). The Morgan fingerprint density at radius 2 is 1.74 bits per heavy atom. The van der Waals surface area contributed by atoms with Crippen LogP contribution in [0.1, 0.15) is 18.1 Å². The lowest BCUT2D eigenvalue weighted by Gasteiger charge is -2.30. The molecule has 0 radical (unpaired) electrons. The lowest BCUT2D eigenvalue weighted by atomic mass is 9.98. The lowest BCUT2D eigenvalue weighted by molar-refractivity contribution is -0.120. The zero-order valence-electron chi connectivity index (χ0n) is 16.3. The number of hydrogen-bond donors (Lipinski definition) is 2. The number of hydrogen-bond acceptors (Lipinski definition) is 5. The summed E-state index contributed by atoms with van der Waals surface area (Å²) in [5.41, 5.74) is -1.58. The van der Waals surface area contributed by atoms with E-state index in [1.165, 1.54) is 6.21 Å². The molecule has 3 aromatic rings. The molecule has 0 saturated carbocycles. The number of carbonyl (C=O) groups excluding carboxylic acids is 1. The number of halogens is 3. The summed E-state index contributed by atoms with van der Waals surface area (Å²) < 4.78 is 48.7. The van der Waals surface area contributed by atoms with Crippen LogP contribution in [0.5, 0.6) is 5.88 Å². The summed E-state index contributed by atoms with van der Waals surface area (Å²) in [6.45, 7) is 1.52. The number of anilines is 2. The van der Waals surface area contributed by atoms with Gasteiger partial charge in [0.05, 0.1) is 6.61 Å². The van der Waals surface area contributed by atoms with Gasteiger partial charge in [-0.2, -0.15) is 18.2 Å². The molecule has 0 bridgehead atoms. The van der Waals surface area contributed by atoms with E-state index in [4.69, 9.17) is 4.74 Å². The average molecular weight is 426 g/mol. The predicted molar refractivity (Wildman–Crippen MR) is 110 cm³/mol. The molecule has 2 N–H and O–H groups in total. The molecule has 0 aliphatic carbocycles. The Morgan fingerprint density at radius 1 is 1.03 bits per heavy atom. The van der Waals surface area contributed by atoms with Crippen molar-refractivity contribution in [2.24, 2.45) is 4.99 Å². The predicted octanol–water partition coefficient (Wildman–Crippen LogP) is 4.23. The van der Waals surface area contributed by atoms with Gasteiger partial charge in [0.15, 0.2) is 0 Å². The van der Waals surface area contributed by atoms with E-state index in [1.807, 2.05) is 0 Å². The molecule has 9 heteroatoms. The van der Waals surface area contributed by atoms with Gasteiger partial charge in [-0.25, -0.2) is 0 Å². The fourth-order valence-corrected chi connectivity index (χ4v) is 3.22. The Kier molecular flexibility index (Phi) is 5.33. The Bertz CT molecular complexity index is 1170. The SMILES string of the molecule is CCOc1nc(F)c(F)c(NC2(c3ccccc3)N=Cc3ccccc3NC2=O)c1F. The summed E-state index contributed by atoms with van der Waals surface area (Å²) in [7, 11) is 0. The number of aliphatic imine (C=N–C) groups is 1. The van der Waals surface area contributed by atoms with E-state index in [9.17, 15) is 18.0 Å². The fraction of sp³-hybridized carbons (Fsp3) is 0.136. The molecular formula is C22H17F3N4O2. The highest BCUT2D eigenvalue weighted by Gasteiger charge is 2.43. The van der Waals surface area contributed by atoms with Crippen molar-refractivity contribution in [2.45, 2.75) is 12.6 Å². The van der Waals surface area contributed by atoms with Crippen molar-refractivity contribution >= 4 is 23.5 Å². The topological polar surface area (TPSA) is 75.6 Å².